The third-order valence-corrected chi connectivity index (χ3v) is 4.60. The minimum atomic E-state index is -0.672. The fourth-order valence-corrected chi connectivity index (χ4v) is 2.99. The normalized spacial score (nSPS) is 15.0. The van der Waals surface area contributed by atoms with Crippen molar-refractivity contribution in [3.8, 4) is 0 Å². The van der Waals surface area contributed by atoms with E-state index in [2.05, 4.69) is 10.2 Å². The van der Waals surface area contributed by atoms with Crippen LogP contribution in [0.3, 0.4) is 0 Å². The molecule has 7 heteroatoms. The molecule has 2 aromatic rings. The summed E-state index contributed by atoms with van der Waals surface area (Å²) < 4.78 is 13.9. The van der Waals surface area contributed by atoms with Crippen LogP contribution in [0.15, 0.2) is 42.5 Å². The number of nitrogens with zero attached hydrogens (tertiary/aromatic N) is 2. The van der Waals surface area contributed by atoms with Crippen LogP contribution < -0.4 is 5.32 Å². The summed E-state index contributed by atoms with van der Waals surface area (Å²) in [6, 6.07) is 10.5. The molecule has 1 saturated heterocycles. The van der Waals surface area contributed by atoms with Gasteiger partial charge >= 0.3 is 0 Å². The lowest BCUT2D eigenvalue weighted by molar-refractivity contribution is 0.0665. The predicted molar refractivity (Wildman–Crippen MR) is 99.2 cm³/mol. The number of para-hydroxylation sites is 1. The van der Waals surface area contributed by atoms with Gasteiger partial charge in [0.05, 0.1) is 16.8 Å². The minimum Gasteiger partial charge on any atom is -0.336 e. The predicted octanol–water partition coefficient (Wildman–Crippen LogP) is 3.12. The van der Waals surface area contributed by atoms with Crippen molar-refractivity contribution >= 4 is 29.1 Å². The number of piperazine rings is 1. The topological polar surface area (TPSA) is 52.6 Å². The van der Waals surface area contributed by atoms with Crippen LogP contribution in [0.2, 0.25) is 5.02 Å². The molecule has 3 rings (SSSR count). The van der Waals surface area contributed by atoms with Gasteiger partial charge in [0.1, 0.15) is 5.82 Å². The van der Waals surface area contributed by atoms with Crippen LogP contribution in [-0.4, -0.2) is 54.8 Å². The maximum Gasteiger partial charge on any atom is 0.258 e. The lowest BCUT2D eigenvalue weighted by Gasteiger charge is -2.32. The van der Waals surface area contributed by atoms with Crippen molar-refractivity contribution in [2.75, 3.05) is 38.5 Å². The SMILES string of the molecule is CN1CCN(C(=O)c2ccccc2NC(=O)c2cc(Cl)ccc2F)CC1. The molecule has 1 fully saturated rings. The Kier molecular flexibility index (Phi) is 5.54. The maximum absolute atomic E-state index is 13.9. The van der Waals surface area contributed by atoms with Crippen LogP contribution in [0.25, 0.3) is 0 Å². The molecular weight excluding hydrogens is 357 g/mol. The average molecular weight is 376 g/mol. The number of nitrogens with one attached hydrogen (secondary N) is 1. The second-order valence-corrected chi connectivity index (χ2v) is 6.66. The van der Waals surface area contributed by atoms with Crippen LogP contribution in [0.4, 0.5) is 10.1 Å². The average Bonchev–Trinajstić information content (AvgIpc) is 2.64. The van der Waals surface area contributed by atoms with Crippen LogP contribution in [0, 0.1) is 5.82 Å². The van der Waals surface area contributed by atoms with E-state index in [1.165, 1.54) is 12.1 Å². The Balaban J connectivity index is 1.82. The zero-order valence-corrected chi connectivity index (χ0v) is 15.1. The molecule has 1 aliphatic rings. The number of benzene rings is 2. The molecule has 0 bridgehead atoms. The van der Waals surface area contributed by atoms with E-state index in [1.54, 1.807) is 29.2 Å². The quantitative estimate of drug-likeness (QED) is 0.896. The highest BCUT2D eigenvalue weighted by molar-refractivity contribution is 6.31. The van der Waals surface area contributed by atoms with Gasteiger partial charge < -0.3 is 15.1 Å². The number of carbonyl (C=O) groups excluding carboxylic acids is 2. The summed E-state index contributed by atoms with van der Waals surface area (Å²) in [4.78, 5) is 29.2. The number of hydrogen-bond donors (Lipinski definition) is 1. The van der Waals surface area contributed by atoms with E-state index >= 15 is 0 Å². The molecule has 26 heavy (non-hydrogen) atoms. The Morgan fingerprint density at radius 1 is 1.04 bits per heavy atom. The largest absolute Gasteiger partial charge is 0.336 e. The standard InChI is InChI=1S/C19H19ClFN3O2/c1-23-8-10-24(11-9-23)19(26)14-4-2-3-5-17(14)22-18(25)15-12-13(20)6-7-16(15)21/h2-7,12H,8-11H2,1H3,(H,22,25). The second kappa shape index (κ2) is 7.85. The van der Waals surface area contributed by atoms with Crippen molar-refractivity contribution < 1.29 is 14.0 Å². The third kappa shape index (κ3) is 4.03. The highest BCUT2D eigenvalue weighted by Crippen LogP contribution is 2.21. The number of halogens is 2. The minimum absolute atomic E-state index is 0.152. The van der Waals surface area contributed by atoms with Crippen LogP contribution in [0.5, 0.6) is 0 Å². The van der Waals surface area contributed by atoms with Crippen molar-refractivity contribution in [2.45, 2.75) is 0 Å². The second-order valence-electron chi connectivity index (χ2n) is 6.22. The van der Waals surface area contributed by atoms with E-state index < -0.39 is 11.7 Å². The Bertz CT molecular complexity index is 835. The molecule has 5 nitrogen and oxygen atoms in total. The lowest BCUT2D eigenvalue weighted by Crippen LogP contribution is -2.47. The molecule has 0 atom stereocenters. The molecule has 0 aromatic heterocycles. The molecule has 2 aromatic carbocycles. The van der Waals surface area contributed by atoms with Crippen molar-refractivity contribution in [2.24, 2.45) is 0 Å². The summed E-state index contributed by atoms with van der Waals surface area (Å²) in [5.41, 5.74) is 0.563. The van der Waals surface area contributed by atoms with Crippen LogP contribution >= 0.6 is 11.6 Å². The molecule has 1 heterocycles. The molecule has 0 saturated carbocycles. The Hall–Kier alpha value is -2.44. The first-order valence-electron chi connectivity index (χ1n) is 8.29. The summed E-state index contributed by atoms with van der Waals surface area (Å²) >= 11 is 5.85. The lowest BCUT2D eigenvalue weighted by atomic mass is 10.1. The number of amides is 2. The molecular formula is C19H19ClFN3O2. The van der Waals surface area contributed by atoms with E-state index in [1.807, 2.05) is 7.05 Å². The fourth-order valence-electron chi connectivity index (χ4n) is 2.82. The summed E-state index contributed by atoms with van der Waals surface area (Å²) in [5.74, 6) is -1.47. The van der Waals surface area contributed by atoms with E-state index in [-0.39, 0.29) is 16.5 Å². The molecule has 0 unspecified atom stereocenters. The highest BCUT2D eigenvalue weighted by atomic mass is 35.5. The van der Waals surface area contributed by atoms with Gasteiger partial charge in [-0.25, -0.2) is 4.39 Å². The van der Waals surface area contributed by atoms with Gasteiger partial charge in [-0.05, 0) is 37.4 Å². The van der Waals surface area contributed by atoms with E-state index in [4.69, 9.17) is 11.6 Å². The van der Waals surface area contributed by atoms with E-state index in [0.29, 0.717) is 24.3 Å². The number of likely N-dealkylation sites (N-methyl/N-ethyl adjacent to an activating group) is 1. The monoisotopic (exact) mass is 375 g/mol. The number of rotatable bonds is 3. The summed E-state index contributed by atoms with van der Waals surface area (Å²) in [6.07, 6.45) is 0. The molecule has 2 amide bonds. The van der Waals surface area contributed by atoms with Crippen molar-refractivity contribution in [1.82, 2.24) is 9.80 Å². The van der Waals surface area contributed by atoms with Gasteiger partial charge in [0.2, 0.25) is 0 Å². The molecule has 0 spiro atoms. The van der Waals surface area contributed by atoms with Gasteiger partial charge in [0, 0.05) is 31.2 Å². The highest BCUT2D eigenvalue weighted by Gasteiger charge is 2.23. The number of anilines is 1. The smallest absolute Gasteiger partial charge is 0.258 e. The zero-order chi connectivity index (χ0) is 18.7. The third-order valence-electron chi connectivity index (χ3n) is 4.37. The van der Waals surface area contributed by atoms with E-state index in [9.17, 15) is 14.0 Å². The summed E-state index contributed by atoms with van der Waals surface area (Å²) in [7, 11) is 2.01. The van der Waals surface area contributed by atoms with Gasteiger partial charge in [-0.1, -0.05) is 23.7 Å². The Labute approximate surface area is 156 Å². The summed E-state index contributed by atoms with van der Waals surface area (Å²) in [5, 5.41) is 2.89. The first-order valence-corrected chi connectivity index (χ1v) is 8.67. The van der Waals surface area contributed by atoms with Crippen LogP contribution in [-0.2, 0) is 0 Å². The van der Waals surface area contributed by atoms with Crippen molar-refractivity contribution in [3.63, 3.8) is 0 Å². The molecule has 1 aliphatic heterocycles. The first kappa shape index (κ1) is 18.4. The van der Waals surface area contributed by atoms with Crippen LogP contribution in [0.1, 0.15) is 20.7 Å². The Morgan fingerprint density at radius 3 is 2.46 bits per heavy atom. The van der Waals surface area contributed by atoms with Crippen molar-refractivity contribution in [1.29, 1.82) is 0 Å². The van der Waals surface area contributed by atoms with Gasteiger partial charge in [-0.15, -0.1) is 0 Å². The zero-order valence-electron chi connectivity index (χ0n) is 14.3. The number of hydrogen-bond acceptors (Lipinski definition) is 3. The van der Waals surface area contributed by atoms with Crippen molar-refractivity contribution in [3.05, 3.63) is 64.4 Å². The van der Waals surface area contributed by atoms with Gasteiger partial charge in [0.25, 0.3) is 11.8 Å². The maximum atomic E-state index is 13.9. The van der Waals surface area contributed by atoms with E-state index in [0.717, 1.165) is 19.2 Å². The number of carbonyl (C=O) groups is 2. The fraction of sp³-hybridized carbons (Fsp3) is 0.263. The molecule has 0 aliphatic carbocycles. The molecule has 1 N–H and O–H groups in total. The van der Waals surface area contributed by atoms with Gasteiger partial charge in [-0.3, -0.25) is 9.59 Å². The molecule has 0 radical (unpaired) electrons. The summed E-state index contributed by atoms with van der Waals surface area (Å²) in [6.45, 7) is 2.85. The Morgan fingerprint density at radius 2 is 1.73 bits per heavy atom. The molecule has 136 valence electrons. The van der Waals surface area contributed by atoms with Gasteiger partial charge in [0.15, 0.2) is 0 Å². The van der Waals surface area contributed by atoms with Gasteiger partial charge in [-0.2, -0.15) is 0 Å². The first-order chi connectivity index (χ1) is 12.5.